The van der Waals surface area contributed by atoms with Gasteiger partial charge < -0.3 is 15.9 Å². The monoisotopic (exact) mass is 574 g/mol. The first-order valence-electron chi connectivity index (χ1n) is 9.37. The van der Waals surface area contributed by atoms with E-state index in [4.69, 9.17) is 5.73 Å². The second-order valence-electron chi connectivity index (χ2n) is 6.91. The van der Waals surface area contributed by atoms with Crippen LogP contribution in [0.5, 0.6) is 0 Å². The van der Waals surface area contributed by atoms with Gasteiger partial charge in [-0.3, -0.25) is 19.3 Å². The van der Waals surface area contributed by atoms with E-state index in [9.17, 15) is 36.0 Å². The van der Waals surface area contributed by atoms with Gasteiger partial charge in [0.05, 0.1) is 5.70 Å². The van der Waals surface area contributed by atoms with Crippen LogP contribution < -0.4 is 15.8 Å². The number of anilines is 1. The molecule has 1 saturated heterocycles. The molecule has 1 aromatic heterocycles. The topological polar surface area (TPSA) is 173 Å². The molecule has 4 N–H and O–H groups in total. The molecule has 0 bridgehead atoms. The molecule has 1 unspecified atom stereocenters. The van der Waals surface area contributed by atoms with Gasteiger partial charge in [-0.05, 0) is 12.0 Å². The van der Waals surface area contributed by atoms with Gasteiger partial charge in [0, 0.05) is 17.7 Å². The number of amides is 2. The number of nitrogens with two attached hydrogens (primary N) is 1. The van der Waals surface area contributed by atoms with Crippen LogP contribution in [0, 0.1) is 0 Å². The van der Waals surface area contributed by atoms with Crippen LogP contribution >= 0.6 is 35.7 Å². The van der Waals surface area contributed by atoms with E-state index in [1.807, 2.05) is 0 Å². The zero-order chi connectivity index (χ0) is 26.1. The molecule has 2 aliphatic rings. The predicted molar refractivity (Wildman–Crippen MR) is 124 cm³/mol. The average molecular weight is 575 g/mol. The third kappa shape index (κ3) is 5.57. The first kappa shape index (κ1) is 27.2. The summed E-state index contributed by atoms with van der Waals surface area (Å²) < 4.78 is 61.2. The summed E-state index contributed by atoms with van der Waals surface area (Å²) in [6, 6.07) is -1.06. The van der Waals surface area contributed by atoms with Crippen molar-refractivity contribution in [1.82, 2.24) is 19.9 Å². The van der Waals surface area contributed by atoms with Crippen molar-refractivity contribution in [1.29, 1.82) is 0 Å². The van der Waals surface area contributed by atoms with Crippen molar-refractivity contribution in [3.8, 4) is 0 Å². The van der Waals surface area contributed by atoms with Gasteiger partial charge in [-0.1, -0.05) is 17.8 Å². The lowest BCUT2D eigenvalue weighted by molar-refractivity contribution is -0.146. The number of carbonyl (C=O) groups excluding carboxylic acids is 3. The minimum absolute atomic E-state index is 0.0812. The van der Waals surface area contributed by atoms with Crippen molar-refractivity contribution in [2.24, 2.45) is 5.16 Å². The number of β-lactam (4-membered cyclic amide) rings is 1. The van der Waals surface area contributed by atoms with E-state index in [1.54, 1.807) is 0 Å². The van der Waals surface area contributed by atoms with Crippen LogP contribution in [0.1, 0.15) is 12.1 Å². The summed E-state index contributed by atoms with van der Waals surface area (Å²) in [5, 5.41) is 6.23. The van der Waals surface area contributed by atoms with Crippen LogP contribution in [0.25, 0.3) is 0 Å². The number of alkyl halides is 3. The maximum Gasteiger partial charge on any atom is 0.511 e. The van der Waals surface area contributed by atoms with Crippen molar-refractivity contribution in [3.05, 3.63) is 22.3 Å². The molecule has 0 aromatic carbocycles. The Bertz CT molecular complexity index is 1210. The molecule has 0 radical (unpaired) electrons. The highest BCUT2D eigenvalue weighted by Gasteiger charge is 2.54. The number of nitrogens with zero attached hydrogens (tertiary/aromatic N) is 3. The number of aromatic nitrogens is 1. The van der Waals surface area contributed by atoms with Crippen LogP contribution in [0.15, 0.2) is 21.8 Å². The van der Waals surface area contributed by atoms with Crippen molar-refractivity contribution in [2.75, 3.05) is 25.1 Å². The highest BCUT2D eigenvalue weighted by molar-refractivity contribution is 8.00. The fourth-order valence-corrected chi connectivity index (χ4v) is 5.93. The number of halogens is 3. The van der Waals surface area contributed by atoms with Gasteiger partial charge in [-0.2, -0.15) is 13.2 Å². The second kappa shape index (κ2) is 10.3. The molecule has 0 spiro atoms. The smallest absolute Gasteiger partial charge is 0.398 e. The van der Waals surface area contributed by atoms with Gasteiger partial charge >= 0.3 is 15.5 Å². The van der Waals surface area contributed by atoms with Crippen LogP contribution in [-0.2, 0) is 29.2 Å². The Balaban J connectivity index is 1.73. The summed E-state index contributed by atoms with van der Waals surface area (Å²) in [6.07, 6.45) is -0.270. The first-order valence-corrected chi connectivity index (χ1v) is 13.2. The summed E-state index contributed by atoms with van der Waals surface area (Å²) in [6.45, 7) is -0.650. The normalized spacial score (nSPS) is 20.9. The number of oxime groups is 1. The van der Waals surface area contributed by atoms with Crippen LogP contribution in [0.3, 0.4) is 0 Å². The van der Waals surface area contributed by atoms with E-state index < -0.39 is 50.4 Å². The molecule has 192 valence electrons. The maximum atomic E-state index is 12.8. The molecule has 12 nitrogen and oxygen atoms in total. The van der Waals surface area contributed by atoms with E-state index >= 15 is 0 Å². The fraction of sp³-hybridized carbons (Fsp3) is 0.438. The second-order valence-corrected chi connectivity index (χ2v) is 11.1. The molecule has 0 aliphatic carbocycles. The Hall–Kier alpha value is -2.35. The minimum Gasteiger partial charge on any atom is -0.398 e. The minimum atomic E-state index is -5.56. The maximum absolute atomic E-state index is 12.8. The molecule has 1 fully saturated rings. The number of nitrogen functional groups attached to an aromatic ring is 1. The molecule has 3 rings (SSSR count). The number of sulfonamides is 1. The highest BCUT2D eigenvalue weighted by Crippen LogP contribution is 2.41. The van der Waals surface area contributed by atoms with Gasteiger partial charge in [0.1, 0.15) is 24.2 Å². The average Bonchev–Trinajstić information content (AvgIpc) is 3.19. The van der Waals surface area contributed by atoms with Crippen LogP contribution in [0.4, 0.5) is 18.3 Å². The largest absolute Gasteiger partial charge is 0.511 e. The Kier molecular flexibility index (Phi) is 8.04. The lowest BCUT2D eigenvalue weighted by Crippen LogP contribution is -2.70. The molecule has 2 atom stereocenters. The number of hydrogen-bond acceptors (Lipinski definition) is 11. The van der Waals surface area contributed by atoms with Gasteiger partial charge in [0.25, 0.3) is 11.8 Å². The van der Waals surface area contributed by atoms with Crippen molar-refractivity contribution < 1.29 is 40.8 Å². The van der Waals surface area contributed by atoms with Gasteiger partial charge in [-0.15, -0.1) is 23.1 Å². The summed E-state index contributed by atoms with van der Waals surface area (Å²) in [5.74, 6) is -1.38. The number of fused-ring (bicyclic) bond motifs is 1. The number of hydrogen-bond donors (Lipinski definition) is 4. The SMILES string of the molecule is CO/N=C(\C(=O)NC1C(=O)N2C(C(=O)S)=C(CCNS(=O)(=O)C(F)(F)F)CS[C@H]12)c1csc(N)n1. The lowest BCUT2D eigenvalue weighted by atomic mass is 10.0. The Labute approximate surface area is 210 Å². The van der Waals surface area contributed by atoms with Crippen LogP contribution in [-0.4, -0.2) is 77.3 Å². The standard InChI is InChI=1S/C16H17F3N6O6S4/c1-31-24-8(7-5-34-15(20)22-7)11(26)23-9-12(27)25-10(14(28)32)6(4-33-13(9)25)2-3-21-35(29,30)16(17,18)19/h5,9,13,21H,2-4H2,1H3,(H2,20,22)(H,23,26)(H,28,32)/b24-8-/t9?,13-/m1/s1. The van der Waals surface area contributed by atoms with Crippen molar-refractivity contribution >= 4 is 73.5 Å². The van der Waals surface area contributed by atoms with E-state index in [2.05, 4.69) is 32.9 Å². The van der Waals surface area contributed by atoms with Gasteiger partial charge in [0.15, 0.2) is 10.8 Å². The zero-order valence-electron chi connectivity index (χ0n) is 17.5. The number of thiol groups is 1. The van der Waals surface area contributed by atoms with E-state index in [1.165, 1.54) is 17.2 Å². The van der Waals surface area contributed by atoms with Crippen molar-refractivity contribution in [2.45, 2.75) is 23.3 Å². The number of carbonyl (C=O) groups is 3. The van der Waals surface area contributed by atoms with Crippen LogP contribution in [0.2, 0.25) is 0 Å². The molecule has 3 heterocycles. The highest BCUT2D eigenvalue weighted by atomic mass is 32.2. The molecule has 19 heteroatoms. The van der Waals surface area contributed by atoms with E-state index in [0.717, 1.165) is 28.0 Å². The number of rotatable bonds is 9. The number of thioether (sulfide) groups is 1. The molecule has 2 aliphatic heterocycles. The molecule has 1 aromatic rings. The lowest BCUT2D eigenvalue weighted by Gasteiger charge is -2.49. The fourth-order valence-electron chi connectivity index (χ4n) is 3.19. The number of thiazole rings is 1. The molecule has 2 amide bonds. The predicted octanol–water partition coefficient (Wildman–Crippen LogP) is 0.0155. The Morgan fingerprint density at radius 2 is 2.11 bits per heavy atom. The van der Waals surface area contributed by atoms with E-state index in [-0.39, 0.29) is 40.0 Å². The van der Waals surface area contributed by atoms with Crippen molar-refractivity contribution in [3.63, 3.8) is 0 Å². The summed E-state index contributed by atoms with van der Waals surface area (Å²) >= 11 is 5.94. The molecular weight excluding hydrogens is 557 g/mol. The van der Waals surface area contributed by atoms with Gasteiger partial charge in [-0.25, -0.2) is 18.1 Å². The molecular formula is C16H17F3N6O6S4. The summed E-state index contributed by atoms with van der Waals surface area (Å²) in [4.78, 5) is 47.3. The number of nitrogens with one attached hydrogen (secondary N) is 2. The summed E-state index contributed by atoms with van der Waals surface area (Å²) in [7, 11) is -4.35. The summed E-state index contributed by atoms with van der Waals surface area (Å²) in [5.41, 5.74) is 0.0498. The van der Waals surface area contributed by atoms with Gasteiger partial charge in [0.2, 0.25) is 5.12 Å². The molecule has 35 heavy (non-hydrogen) atoms. The Morgan fingerprint density at radius 1 is 1.43 bits per heavy atom. The quantitative estimate of drug-likeness (QED) is 0.137. The first-order chi connectivity index (χ1) is 16.3. The third-order valence-corrected chi connectivity index (χ3v) is 8.14. The van der Waals surface area contributed by atoms with E-state index in [0.29, 0.717) is 0 Å². The molecule has 0 saturated carbocycles. The Morgan fingerprint density at radius 3 is 2.66 bits per heavy atom. The third-order valence-electron chi connectivity index (χ3n) is 4.72. The zero-order valence-corrected chi connectivity index (χ0v) is 20.9.